The van der Waals surface area contributed by atoms with Crippen LogP contribution in [0.1, 0.15) is 31.9 Å². The maximum atomic E-state index is 11.9. The quantitative estimate of drug-likeness (QED) is 0.644. The Kier molecular flexibility index (Phi) is 4.05. The topological polar surface area (TPSA) is 81.4 Å². The van der Waals surface area contributed by atoms with E-state index < -0.39 is 10.0 Å². The van der Waals surface area contributed by atoms with Crippen molar-refractivity contribution in [2.24, 2.45) is 5.84 Å². The molecule has 0 aromatic heterocycles. The van der Waals surface area contributed by atoms with Crippen molar-refractivity contribution in [3.05, 3.63) is 23.3 Å². The highest BCUT2D eigenvalue weighted by Crippen LogP contribution is 2.37. The van der Waals surface area contributed by atoms with Crippen LogP contribution < -0.4 is 15.4 Å². The first kappa shape index (κ1) is 14.9. The number of ether oxygens (including phenoxy) is 1. The number of sulfonamides is 1. The van der Waals surface area contributed by atoms with Gasteiger partial charge in [0.25, 0.3) is 10.0 Å². The summed E-state index contributed by atoms with van der Waals surface area (Å²) in [5.41, 5.74) is 1.45. The van der Waals surface area contributed by atoms with Crippen LogP contribution in [0, 0.1) is 6.92 Å². The van der Waals surface area contributed by atoms with E-state index in [2.05, 4.69) is 0 Å². The Morgan fingerprint density at radius 2 is 1.83 bits per heavy atom. The summed E-state index contributed by atoms with van der Waals surface area (Å²) in [6.07, 6.45) is 0. The molecule has 1 aromatic carbocycles. The van der Waals surface area contributed by atoms with Crippen LogP contribution in [0.5, 0.6) is 5.75 Å². The first-order chi connectivity index (χ1) is 8.13. The molecule has 3 N–H and O–H groups in total. The Morgan fingerprint density at radius 1 is 1.28 bits per heavy atom. The van der Waals surface area contributed by atoms with E-state index in [0.717, 1.165) is 11.1 Å². The molecule has 0 unspecified atom stereocenters. The van der Waals surface area contributed by atoms with E-state index in [1.807, 2.05) is 38.6 Å². The second-order valence-electron chi connectivity index (χ2n) is 5.22. The fourth-order valence-electron chi connectivity index (χ4n) is 1.77. The third-order valence-electron chi connectivity index (χ3n) is 2.66. The van der Waals surface area contributed by atoms with Crippen LogP contribution in [-0.2, 0) is 15.4 Å². The van der Waals surface area contributed by atoms with E-state index in [9.17, 15) is 8.42 Å². The lowest BCUT2D eigenvalue weighted by Crippen LogP contribution is -2.31. The number of nitrogens with two attached hydrogens (primary N) is 1. The summed E-state index contributed by atoms with van der Waals surface area (Å²) in [7, 11) is -2.29. The fraction of sp³-hybridized carbons (Fsp3) is 0.500. The second kappa shape index (κ2) is 4.87. The molecule has 0 heterocycles. The van der Waals surface area contributed by atoms with Crippen LogP contribution in [0.2, 0.25) is 0 Å². The molecular formula is C12H20N2O3S. The zero-order chi connectivity index (χ0) is 14.1. The lowest BCUT2D eigenvalue weighted by atomic mass is 9.85. The van der Waals surface area contributed by atoms with E-state index in [0.29, 0.717) is 5.75 Å². The van der Waals surface area contributed by atoms with Crippen molar-refractivity contribution in [3.63, 3.8) is 0 Å². The minimum Gasteiger partial charge on any atom is -0.495 e. The molecule has 0 aliphatic heterocycles. The van der Waals surface area contributed by atoms with Gasteiger partial charge >= 0.3 is 0 Å². The number of rotatable bonds is 3. The smallest absolute Gasteiger partial charge is 0.256 e. The van der Waals surface area contributed by atoms with Crippen molar-refractivity contribution in [1.82, 2.24) is 4.83 Å². The van der Waals surface area contributed by atoms with Gasteiger partial charge < -0.3 is 4.74 Å². The van der Waals surface area contributed by atoms with Gasteiger partial charge in [0.05, 0.1) is 7.11 Å². The monoisotopic (exact) mass is 272 g/mol. The number of hydrogen-bond acceptors (Lipinski definition) is 4. The Labute approximate surface area is 108 Å². The Balaban J connectivity index is 3.69. The van der Waals surface area contributed by atoms with E-state index in [-0.39, 0.29) is 10.3 Å². The molecule has 0 radical (unpaired) electrons. The molecular weight excluding hydrogens is 252 g/mol. The van der Waals surface area contributed by atoms with Crippen LogP contribution in [0.15, 0.2) is 17.0 Å². The maximum absolute atomic E-state index is 11.9. The van der Waals surface area contributed by atoms with Gasteiger partial charge in [-0.1, -0.05) is 26.8 Å². The zero-order valence-corrected chi connectivity index (χ0v) is 12.2. The maximum Gasteiger partial charge on any atom is 0.256 e. The molecule has 0 atom stereocenters. The van der Waals surface area contributed by atoms with Gasteiger partial charge in [-0.2, -0.15) is 0 Å². The summed E-state index contributed by atoms with van der Waals surface area (Å²) < 4.78 is 29.1. The molecule has 0 bridgehead atoms. The molecule has 0 amide bonds. The molecule has 6 heteroatoms. The van der Waals surface area contributed by atoms with E-state index in [4.69, 9.17) is 10.6 Å². The Bertz CT molecular complexity index is 545. The molecule has 0 aliphatic rings. The van der Waals surface area contributed by atoms with E-state index >= 15 is 0 Å². The fourth-order valence-corrected chi connectivity index (χ4v) is 2.68. The van der Waals surface area contributed by atoms with E-state index in [1.54, 1.807) is 6.07 Å². The molecule has 102 valence electrons. The van der Waals surface area contributed by atoms with Crippen molar-refractivity contribution in [1.29, 1.82) is 0 Å². The van der Waals surface area contributed by atoms with Crippen molar-refractivity contribution in [3.8, 4) is 5.75 Å². The first-order valence-electron chi connectivity index (χ1n) is 5.55. The molecule has 0 saturated heterocycles. The highest BCUT2D eigenvalue weighted by atomic mass is 32.2. The van der Waals surface area contributed by atoms with Gasteiger partial charge in [0, 0.05) is 5.56 Å². The number of hydrazine groups is 1. The van der Waals surface area contributed by atoms with Gasteiger partial charge in [0.1, 0.15) is 10.6 Å². The van der Waals surface area contributed by atoms with Gasteiger partial charge in [-0.3, -0.25) is 5.84 Å². The molecule has 0 spiro atoms. The summed E-state index contributed by atoms with van der Waals surface area (Å²) in [5.74, 6) is 5.42. The third kappa shape index (κ3) is 2.82. The summed E-state index contributed by atoms with van der Waals surface area (Å²) in [6.45, 7) is 7.83. The summed E-state index contributed by atoms with van der Waals surface area (Å²) in [5, 5.41) is 0. The SMILES string of the molecule is COc1c(C(C)(C)C)cc(C)cc1S(=O)(=O)NN. The molecule has 1 aromatic rings. The van der Waals surface area contributed by atoms with Crippen molar-refractivity contribution < 1.29 is 13.2 Å². The predicted octanol–water partition coefficient (Wildman–Crippen LogP) is 1.45. The summed E-state index contributed by atoms with van der Waals surface area (Å²) in [4.78, 5) is 1.90. The largest absolute Gasteiger partial charge is 0.495 e. The zero-order valence-electron chi connectivity index (χ0n) is 11.4. The van der Waals surface area contributed by atoms with Gasteiger partial charge in [-0.25, -0.2) is 8.42 Å². The molecule has 18 heavy (non-hydrogen) atoms. The number of nitrogens with one attached hydrogen (secondary N) is 1. The van der Waals surface area contributed by atoms with Gasteiger partial charge in [0.15, 0.2) is 0 Å². The van der Waals surface area contributed by atoms with Crippen LogP contribution in [0.3, 0.4) is 0 Å². The number of methoxy groups -OCH3 is 1. The van der Waals surface area contributed by atoms with Crippen molar-refractivity contribution in [2.45, 2.75) is 38.0 Å². The van der Waals surface area contributed by atoms with Crippen molar-refractivity contribution >= 4 is 10.0 Å². The summed E-state index contributed by atoms with van der Waals surface area (Å²) >= 11 is 0. The molecule has 0 fully saturated rings. The number of benzene rings is 1. The molecule has 0 saturated carbocycles. The highest BCUT2D eigenvalue weighted by molar-refractivity contribution is 7.89. The standard InChI is InChI=1S/C12H20N2O3S/c1-8-6-9(12(2,3)4)11(17-5)10(7-8)18(15,16)14-13/h6-7,14H,13H2,1-5H3. The van der Waals surface area contributed by atoms with Crippen LogP contribution >= 0.6 is 0 Å². The first-order valence-corrected chi connectivity index (χ1v) is 7.03. The van der Waals surface area contributed by atoms with Crippen LogP contribution in [0.4, 0.5) is 0 Å². The van der Waals surface area contributed by atoms with Crippen LogP contribution in [0.25, 0.3) is 0 Å². The normalized spacial score (nSPS) is 12.6. The van der Waals surface area contributed by atoms with Gasteiger partial charge in [0.2, 0.25) is 0 Å². The van der Waals surface area contributed by atoms with Gasteiger partial charge in [-0.15, -0.1) is 4.83 Å². The minimum absolute atomic E-state index is 0.0671. The Morgan fingerprint density at radius 3 is 2.22 bits per heavy atom. The number of aryl methyl sites for hydroxylation is 1. The second-order valence-corrected chi connectivity index (χ2v) is 6.90. The third-order valence-corrected chi connectivity index (χ3v) is 3.85. The molecule has 0 aliphatic carbocycles. The minimum atomic E-state index is -3.74. The predicted molar refractivity (Wildman–Crippen MR) is 70.9 cm³/mol. The lowest BCUT2D eigenvalue weighted by Gasteiger charge is -2.24. The summed E-state index contributed by atoms with van der Waals surface area (Å²) in [6, 6.07) is 3.47. The average Bonchev–Trinajstić information content (AvgIpc) is 2.26. The van der Waals surface area contributed by atoms with Crippen molar-refractivity contribution in [2.75, 3.05) is 7.11 Å². The average molecular weight is 272 g/mol. The Hall–Kier alpha value is -1.11. The molecule has 1 rings (SSSR count). The van der Waals surface area contributed by atoms with Crippen LogP contribution in [-0.4, -0.2) is 15.5 Å². The number of hydrogen-bond donors (Lipinski definition) is 2. The van der Waals surface area contributed by atoms with E-state index in [1.165, 1.54) is 7.11 Å². The molecule has 5 nitrogen and oxygen atoms in total. The highest BCUT2D eigenvalue weighted by Gasteiger charge is 2.27. The van der Waals surface area contributed by atoms with Gasteiger partial charge in [-0.05, 0) is 24.0 Å². The lowest BCUT2D eigenvalue weighted by molar-refractivity contribution is 0.385.